The number of carbonyl (C=O) groups excluding carboxylic acids is 3. The Morgan fingerprint density at radius 1 is 1.16 bits per heavy atom. The highest BCUT2D eigenvalue weighted by atomic mass is 19.1. The van der Waals surface area contributed by atoms with Crippen LogP contribution in [-0.2, 0) is 21.4 Å². The lowest BCUT2D eigenvalue weighted by atomic mass is 9.87. The van der Waals surface area contributed by atoms with Crippen molar-refractivity contribution in [3.63, 3.8) is 0 Å². The Labute approximate surface area is 219 Å². The average molecular weight is 520 g/mol. The average Bonchev–Trinajstić information content (AvgIpc) is 3.16. The maximum absolute atomic E-state index is 15.1. The standard InChI is InChI=1S/C23H30FN5O4.2C2H6/c1-23(2,3)33-20(31)13-28-9-7-15(17(24)12-28)14-5-6-16-18(11-14)27(4)26-21(16)29-10-8-19(30)25-22(29)32;2*1-2/h5-6,11,15,17H,7-10,12-13H2,1-4H3,(H,25,30,32);2*1-2H3. The summed E-state index contributed by atoms with van der Waals surface area (Å²) in [6, 6.07) is 5.16. The molecule has 1 aromatic heterocycles. The number of rotatable bonds is 4. The lowest BCUT2D eigenvalue weighted by molar-refractivity contribution is -0.156. The number of carbonyl (C=O) groups is 3. The van der Waals surface area contributed by atoms with Crippen LogP contribution in [0.15, 0.2) is 18.2 Å². The summed E-state index contributed by atoms with van der Waals surface area (Å²) >= 11 is 0. The number of halogens is 1. The van der Waals surface area contributed by atoms with Crippen LogP contribution < -0.4 is 10.2 Å². The number of ether oxygens (including phenoxy) is 1. The smallest absolute Gasteiger partial charge is 0.329 e. The number of likely N-dealkylation sites (tertiary alicyclic amines) is 1. The Morgan fingerprint density at radius 3 is 2.43 bits per heavy atom. The molecule has 4 rings (SSSR count). The number of anilines is 1. The Morgan fingerprint density at radius 2 is 1.84 bits per heavy atom. The molecule has 10 heteroatoms. The molecular formula is C27H42FN5O4. The third-order valence-corrected chi connectivity index (χ3v) is 5.99. The first-order chi connectivity index (χ1) is 17.5. The van der Waals surface area contributed by atoms with Crippen molar-refractivity contribution in [2.75, 3.05) is 31.1 Å². The van der Waals surface area contributed by atoms with Gasteiger partial charge >= 0.3 is 12.0 Å². The van der Waals surface area contributed by atoms with Gasteiger partial charge in [0.1, 0.15) is 11.8 Å². The molecule has 2 saturated heterocycles. The van der Waals surface area contributed by atoms with Gasteiger partial charge in [-0.05, 0) is 51.4 Å². The van der Waals surface area contributed by atoms with Crippen LogP contribution in [0.3, 0.4) is 0 Å². The summed E-state index contributed by atoms with van der Waals surface area (Å²) in [7, 11) is 1.78. The van der Waals surface area contributed by atoms with Crippen molar-refractivity contribution in [1.29, 1.82) is 0 Å². The van der Waals surface area contributed by atoms with Gasteiger partial charge in [0.05, 0.1) is 12.1 Å². The monoisotopic (exact) mass is 519 g/mol. The molecule has 0 spiro atoms. The van der Waals surface area contributed by atoms with Gasteiger partial charge in [0.15, 0.2) is 5.82 Å². The molecule has 0 bridgehead atoms. The molecule has 3 amide bonds. The minimum Gasteiger partial charge on any atom is -0.459 e. The van der Waals surface area contributed by atoms with E-state index in [-0.39, 0.29) is 43.8 Å². The van der Waals surface area contributed by atoms with Gasteiger partial charge in [-0.25, -0.2) is 9.18 Å². The number of aryl methyl sites for hydroxylation is 1. The van der Waals surface area contributed by atoms with Gasteiger partial charge in [0, 0.05) is 37.9 Å². The topological polar surface area (TPSA) is 96.8 Å². The number of nitrogens with zero attached hydrogens (tertiary/aromatic N) is 4. The number of hydrogen-bond acceptors (Lipinski definition) is 6. The molecule has 9 nitrogen and oxygen atoms in total. The first-order valence-corrected chi connectivity index (χ1v) is 13.2. The lowest BCUT2D eigenvalue weighted by Gasteiger charge is -2.34. The minimum absolute atomic E-state index is 0.0783. The van der Waals surface area contributed by atoms with Crippen molar-refractivity contribution in [2.45, 2.75) is 79.0 Å². The van der Waals surface area contributed by atoms with E-state index in [1.165, 1.54) is 4.90 Å². The number of hydrogen-bond donors (Lipinski definition) is 1. The fourth-order valence-electron chi connectivity index (χ4n) is 4.49. The quantitative estimate of drug-likeness (QED) is 0.596. The molecule has 206 valence electrons. The molecule has 2 aromatic rings. The predicted octanol–water partition coefficient (Wildman–Crippen LogP) is 4.54. The van der Waals surface area contributed by atoms with E-state index >= 15 is 4.39 Å². The summed E-state index contributed by atoms with van der Waals surface area (Å²) in [6.45, 7) is 14.5. The number of imide groups is 1. The molecule has 37 heavy (non-hydrogen) atoms. The third kappa shape index (κ3) is 7.50. The van der Waals surface area contributed by atoms with Gasteiger partial charge in [-0.15, -0.1) is 0 Å². The number of benzene rings is 1. The van der Waals surface area contributed by atoms with Gasteiger partial charge in [0.2, 0.25) is 5.91 Å². The highest BCUT2D eigenvalue weighted by molar-refractivity contribution is 6.08. The fourth-order valence-corrected chi connectivity index (χ4v) is 4.49. The first kappa shape index (κ1) is 30.2. The number of urea groups is 1. The van der Waals surface area contributed by atoms with E-state index in [0.29, 0.717) is 18.8 Å². The van der Waals surface area contributed by atoms with Gasteiger partial charge in [0.25, 0.3) is 0 Å². The van der Waals surface area contributed by atoms with Crippen molar-refractivity contribution in [2.24, 2.45) is 7.05 Å². The summed E-state index contributed by atoms with van der Waals surface area (Å²) in [5, 5.41) is 7.56. The van der Waals surface area contributed by atoms with Crippen LogP contribution in [0.25, 0.3) is 10.9 Å². The molecule has 2 unspecified atom stereocenters. The summed E-state index contributed by atoms with van der Waals surface area (Å²) < 4.78 is 22.2. The van der Waals surface area contributed by atoms with E-state index < -0.39 is 17.8 Å². The molecule has 1 N–H and O–H groups in total. The van der Waals surface area contributed by atoms with Gasteiger partial charge in [-0.3, -0.25) is 29.4 Å². The number of fused-ring (bicyclic) bond motifs is 1. The first-order valence-electron chi connectivity index (χ1n) is 13.2. The highest BCUT2D eigenvalue weighted by Gasteiger charge is 2.33. The Balaban J connectivity index is 0.00000115. The van der Waals surface area contributed by atoms with Gasteiger partial charge in [-0.1, -0.05) is 33.8 Å². The zero-order chi connectivity index (χ0) is 27.9. The highest BCUT2D eigenvalue weighted by Crippen LogP contribution is 2.35. The van der Waals surface area contributed by atoms with E-state index in [2.05, 4.69) is 10.4 Å². The third-order valence-electron chi connectivity index (χ3n) is 5.99. The molecular weight excluding hydrogens is 477 g/mol. The Bertz CT molecular complexity index is 1090. The number of alkyl halides is 1. The van der Waals surface area contributed by atoms with Crippen LogP contribution in [-0.4, -0.2) is 70.5 Å². The summed E-state index contributed by atoms with van der Waals surface area (Å²) in [4.78, 5) is 39.1. The van der Waals surface area contributed by atoms with Crippen molar-refractivity contribution >= 4 is 34.6 Å². The summed E-state index contributed by atoms with van der Waals surface area (Å²) in [5.41, 5.74) is 1.09. The second-order valence-electron chi connectivity index (χ2n) is 9.71. The number of esters is 1. The van der Waals surface area contributed by atoms with Crippen LogP contribution in [0, 0.1) is 0 Å². The van der Waals surface area contributed by atoms with E-state index in [9.17, 15) is 14.4 Å². The van der Waals surface area contributed by atoms with Crippen molar-refractivity contribution in [3.05, 3.63) is 23.8 Å². The molecule has 2 aliphatic rings. The Kier molecular flexibility index (Phi) is 10.6. The van der Waals surface area contributed by atoms with Crippen LogP contribution in [0.4, 0.5) is 15.0 Å². The van der Waals surface area contributed by atoms with Crippen molar-refractivity contribution < 1.29 is 23.5 Å². The second kappa shape index (κ2) is 13.0. The molecule has 2 atom stereocenters. The number of nitrogens with one attached hydrogen (secondary N) is 1. The summed E-state index contributed by atoms with van der Waals surface area (Å²) in [6.07, 6.45) is -0.324. The maximum atomic E-state index is 15.1. The predicted molar refractivity (Wildman–Crippen MR) is 143 cm³/mol. The molecule has 0 saturated carbocycles. The SMILES string of the molecule is CC.CC.Cn1nc(N2CCC(=O)NC2=O)c2ccc(C3CCN(CC(=O)OC(C)(C)C)CC3F)cc21. The van der Waals surface area contributed by atoms with Crippen LogP contribution in [0.1, 0.15) is 72.8 Å². The molecule has 2 fully saturated rings. The van der Waals surface area contributed by atoms with Gasteiger partial charge < -0.3 is 4.74 Å². The fraction of sp³-hybridized carbons (Fsp3) is 0.630. The largest absolute Gasteiger partial charge is 0.459 e. The van der Waals surface area contributed by atoms with Crippen LogP contribution >= 0.6 is 0 Å². The zero-order valence-corrected chi connectivity index (χ0v) is 23.4. The van der Waals surface area contributed by atoms with Crippen molar-refractivity contribution in [1.82, 2.24) is 20.0 Å². The maximum Gasteiger partial charge on any atom is 0.329 e. The van der Waals surface area contributed by atoms with Crippen LogP contribution in [0.5, 0.6) is 0 Å². The second-order valence-corrected chi connectivity index (χ2v) is 9.71. The number of amides is 3. The van der Waals surface area contributed by atoms with E-state index in [1.54, 1.807) is 16.6 Å². The van der Waals surface area contributed by atoms with E-state index in [0.717, 1.165) is 16.5 Å². The lowest BCUT2D eigenvalue weighted by Crippen LogP contribution is -2.49. The number of aromatic nitrogens is 2. The molecule has 1 aromatic carbocycles. The molecule has 0 aliphatic carbocycles. The van der Waals surface area contributed by atoms with E-state index in [1.807, 2.05) is 66.7 Å². The summed E-state index contributed by atoms with van der Waals surface area (Å²) in [5.74, 6) is -0.460. The minimum atomic E-state index is -1.12. The molecule has 0 radical (unpaired) electrons. The van der Waals surface area contributed by atoms with Crippen molar-refractivity contribution in [3.8, 4) is 0 Å². The Hall–Kier alpha value is -3.01. The zero-order valence-electron chi connectivity index (χ0n) is 23.4. The normalized spacial score (nSPS) is 20.4. The van der Waals surface area contributed by atoms with Gasteiger partial charge in [-0.2, -0.15) is 5.10 Å². The van der Waals surface area contributed by atoms with E-state index in [4.69, 9.17) is 4.74 Å². The molecule has 2 aliphatic heterocycles. The molecule has 3 heterocycles. The van der Waals surface area contributed by atoms with Crippen LogP contribution in [0.2, 0.25) is 0 Å². The number of piperidine rings is 1.